The zero-order valence-corrected chi connectivity index (χ0v) is 11.7. The van der Waals surface area contributed by atoms with Gasteiger partial charge in [-0.2, -0.15) is 0 Å². The van der Waals surface area contributed by atoms with Crippen molar-refractivity contribution in [3.05, 3.63) is 44.6 Å². The Morgan fingerprint density at radius 3 is 2.85 bits per heavy atom. The van der Waals surface area contributed by atoms with Gasteiger partial charge in [-0.3, -0.25) is 10.1 Å². The van der Waals surface area contributed by atoms with Crippen molar-refractivity contribution in [1.82, 2.24) is 4.98 Å². The molecule has 0 radical (unpaired) electrons. The Kier molecular flexibility index (Phi) is 4.49. The Morgan fingerprint density at radius 1 is 1.50 bits per heavy atom. The highest BCUT2D eigenvalue weighted by molar-refractivity contribution is 7.09. The number of hydrogen-bond donors (Lipinski definition) is 3. The Hall–Kier alpha value is -2.19. The molecule has 1 unspecified atom stereocenters. The predicted octanol–water partition coefficient (Wildman–Crippen LogP) is 2.38. The molecule has 0 aromatic carbocycles. The normalized spacial score (nSPS) is 11.9. The molecular formula is C12H15N5O2S. The molecule has 0 fully saturated rings. The van der Waals surface area contributed by atoms with Crippen molar-refractivity contribution in [3.63, 3.8) is 0 Å². The summed E-state index contributed by atoms with van der Waals surface area (Å²) in [5.74, 6) is 5.95. The van der Waals surface area contributed by atoms with Gasteiger partial charge in [0.25, 0.3) is 5.69 Å². The van der Waals surface area contributed by atoms with Gasteiger partial charge in [0, 0.05) is 17.3 Å². The first-order valence-corrected chi connectivity index (χ1v) is 6.88. The second-order valence-electron chi connectivity index (χ2n) is 4.33. The summed E-state index contributed by atoms with van der Waals surface area (Å²) in [5.41, 5.74) is 2.27. The quantitative estimate of drug-likeness (QED) is 0.429. The van der Waals surface area contributed by atoms with Gasteiger partial charge in [0.2, 0.25) is 0 Å². The van der Waals surface area contributed by atoms with Gasteiger partial charge in [-0.25, -0.2) is 10.8 Å². The smallest absolute Gasteiger partial charge is 0.276 e. The van der Waals surface area contributed by atoms with E-state index in [9.17, 15) is 10.1 Å². The van der Waals surface area contributed by atoms with Crippen LogP contribution in [0.5, 0.6) is 0 Å². The summed E-state index contributed by atoms with van der Waals surface area (Å²) in [7, 11) is 0. The van der Waals surface area contributed by atoms with Crippen LogP contribution >= 0.6 is 11.3 Å². The maximum Gasteiger partial charge on any atom is 0.276 e. The van der Waals surface area contributed by atoms with Crippen LogP contribution < -0.4 is 16.6 Å². The van der Waals surface area contributed by atoms with Crippen molar-refractivity contribution in [1.29, 1.82) is 0 Å². The lowest BCUT2D eigenvalue weighted by atomic mass is 10.2. The molecule has 1 atom stereocenters. The van der Waals surface area contributed by atoms with Gasteiger partial charge in [0.15, 0.2) is 0 Å². The summed E-state index contributed by atoms with van der Waals surface area (Å²) in [4.78, 5) is 15.8. The first-order chi connectivity index (χ1) is 9.58. The number of nitrogens with one attached hydrogen (secondary N) is 2. The van der Waals surface area contributed by atoms with E-state index in [1.807, 2.05) is 18.4 Å². The number of hydrogen-bond acceptors (Lipinski definition) is 7. The van der Waals surface area contributed by atoms with Crippen LogP contribution in [-0.4, -0.2) is 15.9 Å². The first-order valence-electron chi connectivity index (χ1n) is 6.00. The molecule has 0 aliphatic carbocycles. The average molecular weight is 293 g/mol. The van der Waals surface area contributed by atoms with Crippen LogP contribution in [0.15, 0.2) is 29.6 Å². The monoisotopic (exact) mass is 293 g/mol. The number of nitrogen functional groups attached to an aromatic ring is 1. The highest BCUT2D eigenvalue weighted by atomic mass is 32.1. The molecule has 2 rings (SSSR count). The van der Waals surface area contributed by atoms with E-state index in [0.717, 1.165) is 6.42 Å². The molecule has 0 bridgehead atoms. The maximum atomic E-state index is 10.8. The molecule has 20 heavy (non-hydrogen) atoms. The molecule has 0 saturated carbocycles. The molecule has 2 aromatic rings. The lowest BCUT2D eigenvalue weighted by Crippen LogP contribution is -2.19. The average Bonchev–Trinajstić information content (AvgIpc) is 2.90. The fourth-order valence-electron chi connectivity index (χ4n) is 1.80. The van der Waals surface area contributed by atoms with Crippen molar-refractivity contribution in [3.8, 4) is 0 Å². The molecule has 106 valence electrons. The number of nitro groups is 1. The van der Waals surface area contributed by atoms with E-state index in [2.05, 4.69) is 21.8 Å². The number of rotatable bonds is 6. The van der Waals surface area contributed by atoms with Crippen molar-refractivity contribution in [2.45, 2.75) is 19.4 Å². The summed E-state index contributed by atoms with van der Waals surface area (Å²) in [6, 6.07) is 6.83. The third-order valence-electron chi connectivity index (χ3n) is 2.65. The van der Waals surface area contributed by atoms with E-state index >= 15 is 0 Å². The Labute approximate surface area is 120 Å². The van der Waals surface area contributed by atoms with Crippen LogP contribution in [0, 0.1) is 10.1 Å². The molecule has 0 amide bonds. The number of thiophene rings is 1. The summed E-state index contributed by atoms with van der Waals surface area (Å²) >= 11 is 1.68. The number of anilines is 2. The maximum absolute atomic E-state index is 10.8. The Bertz CT molecular complexity index is 588. The highest BCUT2D eigenvalue weighted by Crippen LogP contribution is 2.21. The third-order valence-corrected chi connectivity index (χ3v) is 3.55. The molecule has 2 heterocycles. The molecule has 8 heteroatoms. The highest BCUT2D eigenvalue weighted by Gasteiger charge is 2.12. The van der Waals surface area contributed by atoms with Crippen LogP contribution in [0.1, 0.15) is 11.8 Å². The molecule has 0 saturated heterocycles. The van der Waals surface area contributed by atoms with Gasteiger partial charge in [-0.1, -0.05) is 6.07 Å². The van der Waals surface area contributed by atoms with Crippen LogP contribution in [0.3, 0.4) is 0 Å². The first kappa shape index (κ1) is 14.2. The van der Waals surface area contributed by atoms with Crippen LogP contribution in [-0.2, 0) is 6.42 Å². The van der Waals surface area contributed by atoms with Crippen molar-refractivity contribution < 1.29 is 4.92 Å². The SMILES string of the molecule is CC(Cc1cccs1)Nc1cc([N+](=O)[O-])cc(NN)n1. The molecule has 4 N–H and O–H groups in total. The number of nitrogens with zero attached hydrogens (tertiary/aromatic N) is 2. The predicted molar refractivity (Wildman–Crippen MR) is 79.8 cm³/mol. The fourth-order valence-corrected chi connectivity index (χ4v) is 2.64. The second kappa shape index (κ2) is 6.31. The molecule has 7 nitrogen and oxygen atoms in total. The molecular weight excluding hydrogens is 278 g/mol. The van der Waals surface area contributed by atoms with Crippen LogP contribution in [0.2, 0.25) is 0 Å². The van der Waals surface area contributed by atoms with E-state index in [-0.39, 0.29) is 17.5 Å². The minimum absolute atomic E-state index is 0.0567. The number of pyridine rings is 1. The third kappa shape index (κ3) is 3.65. The van der Waals surface area contributed by atoms with Gasteiger partial charge in [0.1, 0.15) is 11.6 Å². The molecule has 0 aliphatic rings. The van der Waals surface area contributed by atoms with Crippen LogP contribution in [0.4, 0.5) is 17.3 Å². The topological polar surface area (TPSA) is 106 Å². The standard InChI is InChI=1S/C12H15N5O2S/c1-8(5-10-3-2-4-20-10)14-11-6-9(17(18)19)7-12(15-11)16-13/h2-4,6-8H,5,13H2,1H3,(H2,14,15,16). The number of nitrogens with two attached hydrogens (primary N) is 1. The van der Waals surface area contributed by atoms with Crippen molar-refractivity contribution >= 4 is 28.7 Å². The van der Waals surface area contributed by atoms with Gasteiger partial charge in [-0.05, 0) is 18.4 Å². The van der Waals surface area contributed by atoms with E-state index in [0.29, 0.717) is 5.82 Å². The van der Waals surface area contributed by atoms with Crippen molar-refractivity contribution in [2.75, 3.05) is 10.7 Å². The number of hydrazine groups is 1. The largest absolute Gasteiger partial charge is 0.367 e. The number of aromatic nitrogens is 1. The molecule has 0 aliphatic heterocycles. The Morgan fingerprint density at radius 2 is 2.25 bits per heavy atom. The van der Waals surface area contributed by atoms with Gasteiger partial charge in [0.05, 0.1) is 17.1 Å². The van der Waals surface area contributed by atoms with E-state index in [1.165, 1.54) is 17.0 Å². The summed E-state index contributed by atoms with van der Waals surface area (Å²) in [5, 5.41) is 16.0. The lowest BCUT2D eigenvalue weighted by Gasteiger charge is -2.14. The summed E-state index contributed by atoms with van der Waals surface area (Å²) in [6.45, 7) is 2.00. The minimum atomic E-state index is -0.475. The van der Waals surface area contributed by atoms with Gasteiger partial charge >= 0.3 is 0 Å². The van der Waals surface area contributed by atoms with Gasteiger partial charge in [-0.15, -0.1) is 11.3 Å². The summed E-state index contributed by atoms with van der Waals surface area (Å²) < 4.78 is 0. The minimum Gasteiger partial charge on any atom is -0.367 e. The van der Waals surface area contributed by atoms with E-state index < -0.39 is 4.92 Å². The zero-order valence-electron chi connectivity index (χ0n) is 10.9. The van der Waals surface area contributed by atoms with Gasteiger partial charge < -0.3 is 10.7 Å². The van der Waals surface area contributed by atoms with Crippen molar-refractivity contribution in [2.24, 2.45) is 5.84 Å². The molecule has 2 aromatic heterocycles. The lowest BCUT2D eigenvalue weighted by molar-refractivity contribution is -0.384. The second-order valence-corrected chi connectivity index (χ2v) is 5.36. The zero-order chi connectivity index (χ0) is 14.5. The fraction of sp³-hybridized carbons (Fsp3) is 0.250. The summed E-state index contributed by atoms with van der Waals surface area (Å²) in [6.07, 6.45) is 0.827. The Balaban J connectivity index is 2.11. The van der Waals surface area contributed by atoms with E-state index in [4.69, 9.17) is 5.84 Å². The molecule has 0 spiro atoms. The van der Waals surface area contributed by atoms with E-state index in [1.54, 1.807) is 11.3 Å². The van der Waals surface area contributed by atoms with Crippen LogP contribution in [0.25, 0.3) is 0 Å².